The lowest BCUT2D eigenvalue weighted by Gasteiger charge is -2.54. The minimum atomic E-state index is -0.702. The molecule has 33 heavy (non-hydrogen) atoms. The van der Waals surface area contributed by atoms with E-state index < -0.39 is 17.1 Å². The molecule has 0 unspecified atom stereocenters. The van der Waals surface area contributed by atoms with Gasteiger partial charge in [-0.15, -0.1) is 0 Å². The highest BCUT2D eigenvalue weighted by molar-refractivity contribution is 5.84. The van der Waals surface area contributed by atoms with Crippen molar-refractivity contribution >= 4 is 12.0 Å². The average Bonchev–Trinajstić information content (AvgIpc) is 2.55. The van der Waals surface area contributed by atoms with Crippen LogP contribution in [0.15, 0.2) is 11.6 Å². The number of hydrogen-bond donors (Lipinski definition) is 2. The normalized spacial score (nSPS) is 21.0. The quantitative estimate of drug-likeness (QED) is 0.476. The summed E-state index contributed by atoms with van der Waals surface area (Å²) in [5.41, 5.74) is -0.269. The number of carbonyl (C=O) groups excluding carboxylic acids is 2. The van der Waals surface area contributed by atoms with Crippen LogP contribution in [0.5, 0.6) is 0 Å². The molecule has 1 atom stereocenters. The van der Waals surface area contributed by atoms with E-state index in [4.69, 9.17) is 4.74 Å². The van der Waals surface area contributed by atoms with Gasteiger partial charge in [-0.05, 0) is 101 Å². The molecule has 0 aromatic heterocycles. The molecule has 1 fully saturated rings. The molecule has 0 radical (unpaired) electrons. The fourth-order valence-electron chi connectivity index (χ4n) is 4.86. The van der Waals surface area contributed by atoms with Crippen molar-refractivity contribution in [3.8, 4) is 0 Å². The van der Waals surface area contributed by atoms with Gasteiger partial charge in [-0.1, -0.05) is 25.5 Å². The van der Waals surface area contributed by atoms with Crippen LogP contribution in [0.4, 0.5) is 4.79 Å². The van der Waals surface area contributed by atoms with Gasteiger partial charge in [-0.2, -0.15) is 0 Å². The molecule has 0 aromatic rings. The molecular weight excluding hydrogens is 414 g/mol. The molecule has 1 aliphatic heterocycles. The molecule has 6 heteroatoms. The highest BCUT2D eigenvalue weighted by Gasteiger charge is 2.44. The summed E-state index contributed by atoms with van der Waals surface area (Å²) in [5.74, 6) is 0.400. The molecule has 1 saturated heterocycles. The minimum Gasteiger partial charge on any atom is -0.444 e. The second kappa shape index (κ2) is 10.4. The van der Waals surface area contributed by atoms with Gasteiger partial charge in [0.2, 0.25) is 5.91 Å². The lowest BCUT2D eigenvalue weighted by molar-refractivity contribution is -0.129. The smallest absolute Gasteiger partial charge is 0.408 e. The fourth-order valence-corrected chi connectivity index (χ4v) is 4.86. The molecule has 1 heterocycles. The van der Waals surface area contributed by atoms with Crippen LogP contribution in [-0.2, 0) is 9.53 Å². The van der Waals surface area contributed by atoms with Crippen LogP contribution in [0.1, 0.15) is 102 Å². The van der Waals surface area contributed by atoms with Crippen molar-refractivity contribution in [1.29, 1.82) is 0 Å². The largest absolute Gasteiger partial charge is 0.444 e. The lowest BCUT2D eigenvalue weighted by Crippen LogP contribution is -2.63. The van der Waals surface area contributed by atoms with Gasteiger partial charge in [0.15, 0.2) is 0 Å². The zero-order valence-electron chi connectivity index (χ0n) is 23.6. The summed E-state index contributed by atoms with van der Waals surface area (Å²) in [6.07, 6.45) is 4.16. The van der Waals surface area contributed by atoms with E-state index >= 15 is 0 Å². The Morgan fingerprint density at radius 3 is 1.97 bits per heavy atom. The minimum absolute atomic E-state index is 0.00922. The SMILES string of the molecule is C/C(=C\C(C)(C)C(=O)NC1CC(C)(C)N(C)C(C)(C)C1)[C@H](CC(C)C)NC(=O)OC(C)(C)C. The standard InChI is InChI=1S/C27H51N3O3/c1-18(2)14-21(29-23(32)33-24(4,5)6)19(3)15-25(7,8)22(31)28-20-16-26(9,10)30(13)27(11,12)17-20/h15,18,20-21H,14,16-17H2,1-13H3,(H,28,31)(H,29,32)/b19-15+/t21-/m0/s1. The number of likely N-dealkylation sites (tertiary alicyclic amines) is 1. The molecule has 2 amide bonds. The van der Waals surface area contributed by atoms with Crippen molar-refractivity contribution in [2.45, 2.75) is 131 Å². The van der Waals surface area contributed by atoms with E-state index in [0.717, 1.165) is 24.8 Å². The molecule has 0 aliphatic carbocycles. The molecule has 0 aromatic carbocycles. The first kappa shape index (κ1) is 29.5. The molecule has 0 bridgehead atoms. The Labute approximate surface area is 203 Å². The maximum absolute atomic E-state index is 13.3. The second-order valence-electron chi connectivity index (χ2n) is 13.2. The van der Waals surface area contributed by atoms with Crippen LogP contribution in [0, 0.1) is 11.3 Å². The maximum atomic E-state index is 13.3. The first-order valence-electron chi connectivity index (χ1n) is 12.4. The monoisotopic (exact) mass is 465 g/mol. The van der Waals surface area contributed by atoms with Crippen molar-refractivity contribution in [2.24, 2.45) is 11.3 Å². The predicted molar refractivity (Wildman–Crippen MR) is 137 cm³/mol. The van der Waals surface area contributed by atoms with E-state index in [0.29, 0.717) is 5.92 Å². The topological polar surface area (TPSA) is 70.7 Å². The number of rotatable bonds is 7. The number of ether oxygens (including phenoxy) is 1. The van der Waals surface area contributed by atoms with Crippen LogP contribution in [-0.4, -0.2) is 52.7 Å². The van der Waals surface area contributed by atoms with Gasteiger partial charge in [-0.3, -0.25) is 9.69 Å². The summed E-state index contributed by atoms with van der Waals surface area (Å²) in [5, 5.41) is 6.33. The van der Waals surface area contributed by atoms with Crippen molar-refractivity contribution in [1.82, 2.24) is 15.5 Å². The molecule has 6 nitrogen and oxygen atoms in total. The van der Waals surface area contributed by atoms with Gasteiger partial charge in [0, 0.05) is 17.1 Å². The van der Waals surface area contributed by atoms with Crippen LogP contribution in [0.25, 0.3) is 0 Å². The van der Waals surface area contributed by atoms with E-state index in [9.17, 15) is 9.59 Å². The molecule has 1 rings (SSSR count). The number of piperidine rings is 1. The maximum Gasteiger partial charge on any atom is 0.408 e. The highest BCUT2D eigenvalue weighted by atomic mass is 16.6. The third kappa shape index (κ3) is 8.95. The summed E-state index contributed by atoms with van der Waals surface area (Å²) in [7, 11) is 2.17. The number of hydrogen-bond acceptors (Lipinski definition) is 4. The number of amides is 2. The van der Waals surface area contributed by atoms with Crippen molar-refractivity contribution in [2.75, 3.05) is 7.05 Å². The van der Waals surface area contributed by atoms with E-state index in [1.807, 2.05) is 47.6 Å². The van der Waals surface area contributed by atoms with Gasteiger partial charge >= 0.3 is 6.09 Å². The van der Waals surface area contributed by atoms with Gasteiger partial charge < -0.3 is 15.4 Å². The Morgan fingerprint density at radius 2 is 1.55 bits per heavy atom. The Morgan fingerprint density at radius 1 is 1.06 bits per heavy atom. The Balaban J connectivity index is 3.00. The Hall–Kier alpha value is -1.56. The van der Waals surface area contributed by atoms with Crippen LogP contribution >= 0.6 is 0 Å². The van der Waals surface area contributed by atoms with E-state index in [2.05, 4.69) is 64.1 Å². The number of carbonyl (C=O) groups is 2. The Bertz CT molecular complexity index is 711. The zero-order valence-corrected chi connectivity index (χ0v) is 23.6. The summed E-state index contributed by atoms with van der Waals surface area (Å²) >= 11 is 0. The lowest BCUT2D eigenvalue weighted by atomic mass is 9.77. The fraction of sp³-hybridized carbons (Fsp3) is 0.852. The van der Waals surface area contributed by atoms with Gasteiger partial charge in [0.25, 0.3) is 0 Å². The van der Waals surface area contributed by atoms with E-state index in [-0.39, 0.29) is 29.1 Å². The van der Waals surface area contributed by atoms with Crippen LogP contribution in [0.3, 0.4) is 0 Å². The first-order chi connectivity index (χ1) is 14.7. The third-order valence-corrected chi connectivity index (χ3v) is 6.76. The third-order valence-electron chi connectivity index (χ3n) is 6.76. The first-order valence-corrected chi connectivity index (χ1v) is 12.4. The zero-order chi connectivity index (χ0) is 26.0. The number of nitrogens with zero attached hydrogens (tertiary/aromatic N) is 1. The Kier molecular flexibility index (Phi) is 9.26. The molecular formula is C27H51N3O3. The van der Waals surface area contributed by atoms with Crippen molar-refractivity contribution in [3.63, 3.8) is 0 Å². The van der Waals surface area contributed by atoms with Crippen molar-refractivity contribution < 1.29 is 14.3 Å². The molecule has 1 aliphatic rings. The van der Waals surface area contributed by atoms with Crippen LogP contribution in [0.2, 0.25) is 0 Å². The van der Waals surface area contributed by atoms with Gasteiger partial charge in [0.05, 0.1) is 11.5 Å². The summed E-state index contributed by atoms with van der Waals surface area (Å²) in [6, 6.07) is -0.0637. The van der Waals surface area contributed by atoms with E-state index in [1.54, 1.807) is 0 Å². The van der Waals surface area contributed by atoms with Crippen LogP contribution < -0.4 is 10.6 Å². The summed E-state index contributed by atoms with van der Waals surface area (Å²) in [6.45, 7) is 24.6. The van der Waals surface area contributed by atoms with Crippen molar-refractivity contribution in [3.05, 3.63) is 11.6 Å². The number of alkyl carbamates (subject to hydrolysis) is 1. The van der Waals surface area contributed by atoms with Gasteiger partial charge in [-0.25, -0.2) is 4.79 Å². The predicted octanol–water partition coefficient (Wildman–Crippen LogP) is 5.67. The molecule has 0 saturated carbocycles. The summed E-state index contributed by atoms with van der Waals surface area (Å²) in [4.78, 5) is 28.2. The average molecular weight is 466 g/mol. The van der Waals surface area contributed by atoms with E-state index in [1.165, 1.54) is 0 Å². The second-order valence-corrected chi connectivity index (χ2v) is 13.2. The molecule has 192 valence electrons. The van der Waals surface area contributed by atoms with Gasteiger partial charge in [0.1, 0.15) is 5.60 Å². The highest BCUT2D eigenvalue weighted by Crippen LogP contribution is 2.37. The molecule has 2 N–H and O–H groups in total. The number of nitrogens with one attached hydrogen (secondary N) is 2. The molecule has 0 spiro atoms. The summed E-state index contributed by atoms with van der Waals surface area (Å²) < 4.78 is 5.47.